The molecule has 3 aromatic carbocycles. The number of anilines is 1. The molecule has 0 radical (unpaired) electrons. The predicted molar refractivity (Wildman–Crippen MR) is 134 cm³/mol. The highest BCUT2D eigenvalue weighted by atomic mass is 16.4. The summed E-state index contributed by atoms with van der Waals surface area (Å²) in [7, 11) is 0. The minimum Gasteiger partial charge on any atom is -0.481 e. The van der Waals surface area contributed by atoms with Gasteiger partial charge >= 0.3 is 5.97 Å². The van der Waals surface area contributed by atoms with E-state index in [1.807, 2.05) is 18.2 Å². The zero-order chi connectivity index (χ0) is 23.9. The standard InChI is InChI=1S/C28H27N3O3/c1-19(24-11-5-8-21-7-2-3-10-25(21)24)29-17-20-6-4-9-22(16-20)23-12-13-26(30-18-23)31-27(32)14-15-28(33)34/h2-13,16,18-19,29H,14-15,17H2,1H3,(H,33,34)(H,30,31,32). The number of hydrogen-bond acceptors (Lipinski definition) is 4. The molecule has 0 saturated carbocycles. The van der Waals surface area contributed by atoms with Crippen LogP contribution in [-0.2, 0) is 16.1 Å². The van der Waals surface area contributed by atoms with Gasteiger partial charge < -0.3 is 15.7 Å². The molecule has 1 atom stereocenters. The van der Waals surface area contributed by atoms with E-state index < -0.39 is 5.97 Å². The maximum absolute atomic E-state index is 11.8. The number of benzene rings is 3. The van der Waals surface area contributed by atoms with Crippen LogP contribution in [-0.4, -0.2) is 22.0 Å². The van der Waals surface area contributed by atoms with Gasteiger partial charge in [0.1, 0.15) is 5.82 Å². The van der Waals surface area contributed by atoms with Gasteiger partial charge in [-0.2, -0.15) is 0 Å². The number of rotatable bonds is 9. The highest BCUT2D eigenvalue weighted by Crippen LogP contribution is 2.25. The lowest BCUT2D eigenvalue weighted by molar-refractivity contribution is -0.138. The summed E-state index contributed by atoms with van der Waals surface area (Å²) in [6.45, 7) is 2.91. The molecule has 3 N–H and O–H groups in total. The number of pyridine rings is 1. The molecular weight excluding hydrogens is 426 g/mol. The third-order valence-electron chi connectivity index (χ3n) is 5.76. The SMILES string of the molecule is CC(NCc1cccc(-c2ccc(NC(=O)CCC(=O)O)nc2)c1)c1cccc2ccccc12. The number of carbonyl (C=O) groups is 2. The zero-order valence-corrected chi connectivity index (χ0v) is 19.0. The van der Waals surface area contributed by atoms with E-state index in [1.165, 1.54) is 16.3 Å². The van der Waals surface area contributed by atoms with Crippen LogP contribution in [0.4, 0.5) is 5.82 Å². The van der Waals surface area contributed by atoms with Gasteiger partial charge in [-0.05, 0) is 52.6 Å². The number of nitrogens with zero attached hydrogens (tertiary/aromatic N) is 1. The van der Waals surface area contributed by atoms with E-state index in [4.69, 9.17) is 5.11 Å². The molecule has 0 bridgehead atoms. The van der Waals surface area contributed by atoms with Crippen molar-refractivity contribution in [3.8, 4) is 11.1 Å². The summed E-state index contributed by atoms with van der Waals surface area (Å²) in [5.41, 5.74) is 4.41. The van der Waals surface area contributed by atoms with Crippen molar-refractivity contribution in [3.63, 3.8) is 0 Å². The van der Waals surface area contributed by atoms with Gasteiger partial charge in [0.05, 0.1) is 6.42 Å². The summed E-state index contributed by atoms with van der Waals surface area (Å²) in [4.78, 5) is 26.7. The second-order valence-corrected chi connectivity index (χ2v) is 8.25. The second-order valence-electron chi connectivity index (χ2n) is 8.25. The number of aromatic nitrogens is 1. The molecule has 1 amide bonds. The van der Waals surface area contributed by atoms with Gasteiger partial charge in [0.15, 0.2) is 0 Å². The van der Waals surface area contributed by atoms with Gasteiger partial charge in [-0.15, -0.1) is 0 Å². The third kappa shape index (κ3) is 5.85. The van der Waals surface area contributed by atoms with Crippen LogP contribution in [0.25, 0.3) is 21.9 Å². The molecule has 0 spiro atoms. The quantitative estimate of drug-likeness (QED) is 0.309. The highest BCUT2D eigenvalue weighted by Gasteiger charge is 2.10. The molecule has 1 unspecified atom stereocenters. The van der Waals surface area contributed by atoms with E-state index >= 15 is 0 Å². The van der Waals surface area contributed by atoms with Crippen molar-refractivity contribution in [3.05, 3.63) is 96.2 Å². The summed E-state index contributed by atoms with van der Waals surface area (Å²) >= 11 is 0. The molecular formula is C28H27N3O3. The summed E-state index contributed by atoms with van der Waals surface area (Å²) < 4.78 is 0. The maximum Gasteiger partial charge on any atom is 0.303 e. The van der Waals surface area contributed by atoms with Crippen LogP contribution >= 0.6 is 0 Å². The van der Waals surface area contributed by atoms with Crippen LogP contribution in [0.1, 0.15) is 36.9 Å². The Kier molecular flexibility index (Phi) is 7.30. The predicted octanol–water partition coefficient (Wildman–Crippen LogP) is 5.56. The van der Waals surface area contributed by atoms with E-state index in [0.717, 1.165) is 23.2 Å². The van der Waals surface area contributed by atoms with Crippen LogP contribution in [0.15, 0.2) is 85.1 Å². The first-order chi connectivity index (χ1) is 16.5. The summed E-state index contributed by atoms with van der Waals surface area (Å²) in [6.07, 6.45) is 1.42. The van der Waals surface area contributed by atoms with Gasteiger partial charge in [0.2, 0.25) is 5.91 Å². The van der Waals surface area contributed by atoms with Crippen LogP contribution in [0.3, 0.4) is 0 Å². The first-order valence-electron chi connectivity index (χ1n) is 11.3. The molecule has 0 aliphatic carbocycles. The van der Waals surface area contributed by atoms with E-state index in [0.29, 0.717) is 5.82 Å². The van der Waals surface area contributed by atoms with Gasteiger partial charge in [-0.1, -0.05) is 60.7 Å². The van der Waals surface area contributed by atoms with Gasteiger partial charge in [0.25, 0.3) is 0 Å². The Bertz CT molecular complexity index is 1300. The Hall–Kier alpha value is -4.03. The molecule has 34 heavy (non-hydrogen) atoms. The molecule has 6 heteroatoms. The number of carboxylic acid groups (broad SMARTS) is 1. The van der Waals surface area contributed by atoms with Gasteiger partial charge in [-0.3, -0.25) is 9.59 Å². The zero-order valence-electron chi connectivity index (χ0n) is 19.0. The largest absolute Gasteiger partial charge is 0.481 e. The van der Waals surface area contributed by atoms with Crippen molar-refractivity contribution in [2.75, 3.05) is 5.32 Å². The average Bonchev–Trinajstić information content (AvgIpc) is 2.86. The number of hydrogen-bond donors (Lipinski definition) is 3. The van der Waals surface area contributed by atoms with Gasteiger partial charge in [-0.25, -0.2) is 4.98 Å². The lowest BCUT2D eigenvalue weighted by Gasteiger charge is -2.17. The van der Waals surface area contributed by atoms with Crippen molar-refractivity contribution in [2.24, 2.45) is 0 Å². The fraction of sp³-hybridized carbons (Fsp3) is 0.179. The van der Waals surface area contributed by atoms with Crippen molar-refractivity contribution in [1.82, 2.24) is 10.3 Å². The Morgan fingerprint density at radius 2 is 1.71 bits per heavy atom. The van der Waals surface area contributed by atoms with Crippen molar-refractivity contribution in [1.29, 1.82) is 0 Å². The highest BCUT2D eigenvalue weighted by molar-refractivity contribution is 5.91. The first-order valence-corrected chi connectivity index (χ1v) is 11.3. The fourth-order valence-electron chi connectivity index (χ4n) is 3.93. The summed E-state index contributed by atoms with van der Waals surface area (Å²) in [5.74, 6) is -0.962. The molecule has 4 aromatic rings. The van der Waals surface area contributed by atoms with Crippen molar-refractivity contribution >= 4 is 28.5 Å². The first kappa shape index (κ1) is 23.1. The molecule has 172 valence electrons. The molecule has 0 saturated heterocycles. The topological polar surface area (TPSA) is 91.3 Å². The van der Waals surface area contributed by atoms with Crippen LogP contribution in [0.5, 0.6) is 0 Å². The number of carboxylic acids is 1. The van der Waals surface area contributed by atoms with Crippen LogP contribution in [0.2, 0.25) is 0 Å². The number of amides is 1. The number of nitrogens with one attached hydrogen (secondary N) is 2. The summed E-state index contributed by atoms with van der Waals surface area (Å²) in [6, 6.07) is 26.9. The number of aliphatic carboxylic acids is 1. The number of carbonyl (C=O) groups excluding carboxylic acids is 1. The molecule has 0 aliphatic heterocycles. The van der Waals surface area contributed by atoms with Crippen molar-refractivity contribution < 1.29 is 14.7 Å². The monoisotopic (exact) mass is 453 g/mol. The Labute approximate surface area is 198 Å². The summed E-state index contributed by atoms with van der Waals surface area (Å²) in [5, 5.41) is 17.4. The minimum atomic E-state index is -1.00. The average molecular weight is 454 g/mol. The fourth-order valence-corrected chi connectivity index (χ4v) is 3.93. The van der Waals surface area contributed by atoms with E-state index in [-0.39, 0.29) is 24.8 Å². The molecule has 4 rings (SSSR count). The molecule has 1 aromatic heterocycles. The van der Waals surface area contributed by atoms with E-state index in [9.17, 15) is 9.59 Å². The van der Waals surface area contributed by atoms with E-state index in [2.05, 4.69) is 77.1 Å². The lowest BCUT2D eigenvalue weighted by Crippen LogP contribution is -2.18. The van der Waals surface area contributed by atoms with Gasteiger partial charge in [0, 0.05) is 30.8 Å². The van der Waals surface area contributed by atoms with Crippen molar-refractivity contribution in [2.45, 2.75) is 32.4 Å². The molecule has 0 fully saturated rings. The molecule has 1 heterocycles. The third-order valence-corrected chi connectivity index (χ3v) is 5.76. The van der Waals surface area contributed by atoms with E-state index in [1.54, 1.807) is 12.3 Å². The normalized spacial score (nSPS) is 11.8. The Morgan fingerprint density at radius 3 is 2.50 bits per heavy atom. The Morgan fingerprint density at radius 1 is 0.912 bits per heavy atom. The maximum atomic E-state index is 11.8. The van der Waals surface area contributed by atoms with Crippen LogP contribution in [0, 0.1) is 0 Å². The minimum absolute atomic E-state index is 0.0784. The smallest absolute Gasteiger partial charge is 0.303 e. The second kappa shape index (κ2) is 10.7. The molecule has 6 nitrogen and oxygen atoms in total. The molecule has 0 aliphatic rings. The lowest BCUT2D eigenvalue weighted by atomic mass is 9.99. The Balaban J connectivity index is 1.40. The van der Waals surface area contributed by atoms with Crippen LogP contribution < -0.4 is 10.6 Å². The number of fused-ring (bicyclic) bond motifs is 1.